The summed E-state index contributed by atoms with van der Waals surface area (Å²) in [5, 5.41) is 11.8. The fraction of sp³-hybridized carbons (Fsp3) is 0.200. The van der Waals surface area contributed by atoms with E-state index in [1.807, 2.05) is 12.1 Å². The summed E-state index contributed by atoms with van der Waals surface area (Å²) < 4.78 is 26.5. The summed E-state index contributed by atoms with van der Waals surface area (Å²) in [6, 6.07) is 8.17. The summed E-state index contributed by atoms with van der Waals surface area (Å²) in [6.07, 6.45) is 6.38. The molecule has 0 unspecified atom stereocenters. The molecule has 3 rings (SSSR count). The topological polar surface area (TPSA) is 86.1 Å². The van der Waals surface area contributed by atoms with Gasteiger partial charge in [-0.15, -0.1) is 0 Å². The number of hydrogen-bond acceptors (Lipinski definition) is 4. The molecule has 1 aromatic carbocycles. The van der Waals surface area contributed by atoms with E-state index >= 15 is 0 Å². The number of benzene rings is 1. The maximum atomic E-state index is 13.3. The van der Waals surface area contributed by atoms with Crippen molar-refractivity contribution >= 4 is 35.6 Å². The maximum Gasteiger partial charge on any atom is 0.298 e. The number of carbonyl (C=O) groups is 2. The number of pyridine rings is 1. The highest BCUT2D eigenvalue weighted by molar-refractivity contribution is 6.30. The molecule has 1 aliphatic rings. The monoisotopic (exact) mass is 416 g/mol. The number of nitriles is 1. The third-order valence-electron chi connectivity index (χ3n) is 4.36. The second kappa shape index (κ2) is 8.37. The second-order valence-electron chi connectivity index (χ2n) is 6.34. The predicted molar refractivity (Wildman–Crippen MR) is 103 cm³/mol. The van der Waals surface area contributed by atoms with Crippen molar-refractivity contribution in [1.82, 2.24) is 15.2 Å². The van der Waals surface area contributed by atoms with Crippen molar-refractivity contribution in [3.05, 3.63) is 64.4 Å². The summed E-state index contributed by atoms with van der Waals surface area (Å²) in [5.74, 6) is -4.53. The van der Waals surface area contributed by atoms with E-state index in [2.05, 4.69) is 10.3 Å². The Morgan fingerprint density at radius 2 is 2.03 bits per heavy atom. The molecule has 2 amide bonds. The number of alkyl halides is 2. The third-order valence-corrected chi connectivity index (χ3v) is 4.61. The predicted octanol–water partition coefficient (Wildman–Crippen LogP) is 3.00. The molecular formula is C20H15ClF2N4O2. The van der Waals surface area contributed by atoms with Gasteiger partial charge >= 0.3 is 0 Å². The zero-order valence-electron chi connectivity index (χ0n) is 15.0. The number of nitrogens with zero attached hydrogens (tertiary/aromatic N) is 3. The van der Waals surface area contributed by atoms with E-state index in [-0.39, 0.29) is 5.56 Å². The number of rotatable bonds is 5. The van der Waals surface area contributed by atoms with Crippen LogP contribution < -0.4 is 5.32 Å². The van der Waals surface area contributed by atoms with Crippen molar-refractivity contribution in [2.24, 2.45) is 0 Å². The van der Waals surface area contributed by atoms with Crippen LogP contribution in [0.15, 0.2) is 42.7 Å². The van der Waals surface area contributed by atoms with Crippen LogP contribution in [0.4, 0.5) is 8.78 Å². The minimum Gasteiger partial charge on any atom is -0.343 e. The van der Waals surface area contributed by atoms with Gasteiger partial charge in [-0.2, -0.15) is 5.26 Å². The molecule has 0 bridgehead atoms. The molecule has 148 valence electrons. The molecule has 0 saturated carbocycles. The molecule has 1 saturated heterocycles. The Bertz CT molecular complexity index is 1000. The van der Waals surface area contributed by atoms with Crippen molar-refractivity contribution in [1.29, 1.82) is 5.26 Å². The molecule has 1 aliphatic heterocycles. The normalized spacial score (nSPS) is 17.4. The summed E-state index contributed by atoms with van der Waals surface area (Å²) in [7, 11) is 0. The van der Waals surface area contributed by atoms with Crippen LogP contribution in [0.25, 0.3) is 12.2 Å². The van der Waals surface area contributed by atoms with E-state index in [4.69, 9.17) is 16.9 Å². The van der Waals surface area contributed by atoms with Gasteiger partial charge in [0.1, 0.15) is 0 Å². The lowest BCUT2D eigenvalue weighted by atomic mass is 9.99. The maximum absolute atomic E-state index is 13.3. The third kappa shape index (κ3) is 4.58. The number of nitrogens with one attached hydrogen (secondary N) is 1. The lowest BCUT2D eigenvalue weighted by Crippen LogP contribution is -2.67. The van der Waals surface area contributed by atoms with Crippen LogP contribution in [0.2, 0.25) is 5.02 Å². The van der Waals surface area contributed by atoms with Crippen molar-refractivity contribution in [3.63, 3.8) is 0 Å². The van der Waals surface area contributed by atoms with E-state index in [1.54, 1.807) is 24.3 Å². The molecule has 2 heterocycles. The van der Waals surface area contributed by atoms with Crippen molar-refractivity contribution in [2.75, 3.05) is 13.1 Å². The Morgan fingerprint density at radius 3 is 2.69 bits per heavy atom. The smallest absolute Gasteiger partial charge is 0.298 e. The van der Waals surface area contributed by atoms with E-state index < -0.39 is 36.9 Å². The van der Waals surface area contributed by atoms with Crippen LogP contribution in [-0.4, -0.2) is 46.8 Å². The first-order valence-electron chi connectivity index (χ1n) is 8.54. The number of hydrogen-bond donors (Lipinski definition) is 1. The minimum atomic E-state index is -3.22. The van der Waals surface area contributed by atoms with Gasteiger partial charge in [0, 0.05) is 28.5 Å². The van der Waals surface area contributed by atoms with E-state index in [0.717, 1.165) is 10.5 Å². The lowest BCUT2D eigenvalue weighted by molar-refractivity contribution is -0.180. The van der Waals surface area contributed by atoms with Crippen LogP contribution in [0.5, 0.6) is 0 Å². The standard InChI is InChI=1S/C20H15ClF2N4O2/c21-15-5-2-13(3-6-15)1-4-14-10-25-8-7-16(14)19(29)26-11-18(28)27-12-20(22,23)17(27)9-24/h1-8,10,17H,11-12H2,(H,26,29)/b4-1+/t17-/m1/s1. The van der Waals surface area contributed by atoms with Gasteiger partial charge in [0.2, 0.25) is 5.91 Å². The Labute approximate surface area is 170 Å². The summed E-state index contributed by atoms with van der Waals surface area (Å²) in [4.78, 5) is 29.2. The van der Waals surface area contributed by atoms with E-state index in [0.29, 0.717) is 10.6 Å². The van der Waals surface area contributed by atoms with E-state index in [1.165, 1.54) is 24.5 Å². The van der Waals surface area contributed by atoms with Gasteiger partial charge < -0.3 is 10.2 Å². The fourth-order valence-electron chi connectivity index (χ4n) is 2.78. The molecule has 1 N–H and O–H groups in total. The first-order valence-corrected chi connectivity index (χ1v) is 8.92. The van der Waals surface area contributed by atoms with Crippen molar-refractivity contribution < 1.29 is 18.4 Å². The van der Waals surface area contributed by atoms with Crippen molar-refractivity contribution in [2.45, 2.75) is 12.0 Å². The number of likely N-dealkylation sites (tertiary alicyclic amines) is 1. The van der Waals surface area contributed by atoms with Gasteiger partial charge in [0.15, 0.2) is 6.04 Å². The van der Waals surface area contributed by atoms with Crippen LogP contribution in [0.1, 0.15) is 21.5 Å². The molecule has 0 spiro atoms. The van der Waals surface area contributed by atoms with Gasteiger partial charge in [0.05, 0.1) is 19.2 Å². The molecule has 1 aromatic heterocycles. The zero-order valence-corrected chi connectivity index (χ0v) is 15.7. The minimum absolute atomic E-state index is 0.267. The Morgan fingerprint density at radius 1 is 1.31 bits per heavy atom. The quantitative estimate of drug-likeness (QED) is 0.811. The van der Waals surface area contributed by atoms with Gasteiger partial charge in [-0.05, 0) is 23.8 Å². The zero-order chi connectivity index (χ0) is 21.0. The molecule has 6 nitrogen and oxygen atoms in total. The van der Waals surface area contributed by atoms with E-state index in [9.17, 15) is 18.4 Å². The average Bonchev–Trinajstić information content (AvgIpc) is 2.70. The Balaban J connectivity index is 1.65. The van der Waals surface area contributed by atoms with Gasteiger partial charge in [0.25, 0.3) is 11.8 Å². The van der Waals surface area contributed by atoms with Crippen LogP contribution in [0.3, 0.4) is 0 Å². The molecule has 0 radical (unpaired) electrons. The number of aromatic nitrogens is 1. The summed E-state index contributed by atoms with van der Waals surface area (Å²) in [6.45, 7) is -1.32. The summed E-state index contributed by atoms with van der Waals surface area (Å²) >= 11 is 5.85. The van der Waals surface area contributed by atoms with Gasteiger partial charge in [-0.25, -0.2) is 8.78 Å². The number of carbonyl (C=O) groups excluding carboxylic acids is 2. The average molecular weight is 417 g/mol. The molecule has 29 heavy (non-hydrogen) atoms. The largest absolute Gasteiger partial charge is 0.343 e. The van der Waals surface area contributed by atoms with Gasteiger partial charge in [-0.1, -0.05) is 35.9 Å². The highest BCUT2D eigenvalue weighted by Crippen LogP contribution is 2.34. The molecule has 2 aromatic rings. The lowest BCUT2D eigenvalue weighted by Gasteiger charge is -2.43. The molecule has 0 aliphatic carbocycles. The summed E-state index contributed by atoms with van der Waals surface area (Å²) in [5.41, 5.74) is 1.64. The Hall–Kier alpha value is -3.31. The van der Waals surface area contributed by atoms with Crippen LogP contribution in [-0.2, 0) is 4.79 Å². The first kappa shape index (κ1) is 20.4. The Kier molecular flexibility index (Phi) is 5.89. The number of halogens is 3. The molecular weight excluding hydrogens is 402 g/mol. The fourth-order valence-corrected chi connectivity index (χ4v) is 2.90. The van der Waals surface area contributed by atoms with Gasteiger partial charge in [-0.3, -0.25) is 14.6 Å². The van der Waals surface area contributed by atoms with Crippen LogP contribution in [0, 0.1) is 11.3 Å². The second-order valence-corrected chi connectivity index (χ2v) is 6.78. The molecule has 1 fully saturated rings. The van der Waals surface area contributed by atoms with Crippen molar-refractivity contribution in [3.8, 4) is 6.07 Å². The highest BCUT2D eigenvalue weighted by atomic mass is 35.5. The SMILES string of the molecule is N#C[C@H]1N(C(=O)CNC(=O)c2ccncc2/C=C/c2ccc(Cl)cc2)CC1(F)F. The first-order chi connectivity index (χ1) is 13.8. The number of amides is 2. The molecule has 1 atom stereocenters. The molecule has 9 heteroatoms. The van der Waals surface area contributed by atoms with Crippen LogP contribution >= 0.6 is 11.6 Å². The highest BCUT2D eigenvalue weighted by Gasteiger charge is 2.57.